The van der Waals surface area contributed by atoms with Gasteiger partial charge in [0.25, 0.3) is 0 Å². The zero-order chi connectivity index (χ0) is 15.3. The van der Waals surface area contributed by atoms with Gasteiger partial charge in [0.1, 0.15) is 6.04 Å². The minimum atomic E-state index is -1.41. The molecule has 0 spiro atoms. The van der Waals surface area contributed by atoms with E-state index in [0.29, 0.717) is 0 Å². The second-order valence-corrected chi connectivity index (χ2v) is 4.32. The Morgan fingerprint density at radius 3 is 2.25 bits per heavy atom. The molecular weight excluding hydrogens is 270 g/mol. The second kappa shape index (κ2) is 6.64. The zero-order valence-corrected chi connectivity index (χ0v) is 10.6. The van der Waals surface area contributed by atoms with Crippen molar-refractivity contribution in [3.63, 3.8) is 0 Å². The molecule has 1 unspecified atom stereocenters. The second-order valence-electron chi connectivity index (χ2n) is 4.32. The molecule has 4 N–H and O–H groups in total. The van der Waals surface area contributed by atoms with Crippen LogP contribution < -0.4 is 11.1 Å². The van der Waals surface area contributed by atoms with Gasteiger partial charge < -0.3 is 16.2 Å². The molecule has 1 aliphatic rings. The van der Waals surface area contributed by atoms with E-state index < -0.39 is 30.2 Å². The fraction of sp³-hybridized carbons (Fsp3) is 0.545. The molecule has 1 aliphatic heterocycles. The molecule has 110 valence electrons. The fourth-order valence-corrected chi connectivity index (χ4v) is 1.75. The summed E-state index contributed by atoms with van der Waals surface area (Å²) in [4.78, 5) is 56.5. The minimum absolute atomic E-state index is 0.105. The molecule has 0 aromatic carbocycles. The lowest BCUT2D eigenvalue weighted by molar-refractivity contribution is -0.144. The van der Waals surface area contributed by atoms with E-state index in [9.17, 15) is 24.0 Å². The van der Waals surface area contributed by atoms with Gasteiger partial charge in [0.05, 0.1) is 6.42 Å². The van der Waals surface area contributed by atoms with Gasteiger partial charge in [-0.05, 0) is 0 Å². The Morgan fingerprint density at radius 1 is 1.25 bits per heavy atom. The molecule has 0 saturated carbocycles. The number of carboxylic acids is 1. The monoisotopic (exact) mass is 285 g/mol. The molecule has 9 nitrogen and oxygen atoms in total. The first-order valence-electron chi connectivity index (χ1n) is 5.95. The first-order chi connectivity index (χ1) is 9.31. The lowest BCUT2D eigenvalue weighted by Gasteiger charge is -2.15. The highest BCUT2D eigenvalue weighted by molar-refractivity contribution is 6.02. The van der Waals surface area contributed by atoms with E-state index in [2.05, 4.69) is 5.32 Å². The van der Waals surface area contributed by atoms with Gasteiger partial charge in [-0.15, -0.1) is 0 Å². The van der Waals surface area contributed by atoms with Crippen LogP contribution in [0.15, 0.2) is 0 Å². The maximum absolute atomic E-state index is 11.5. The highest BCUT2D eigenvalue weighted by atomic mass is 16.4. The van der Waals surface area contributed by atoms with E-state index in [1.54, 1.807) is 0 Å². The maximum atomic E-state index is 11.5. The number of carbonyl (C=O) groups excluding carboxylic acids is 4. The number of aliphatic carboxylic acids is 1. The third-order valence-corrected chi connectivity index (χ3v) is 2.76. The van der Waals surface area contributed by atoms with E-state index >= 15 is 0 Å². The summed E-state index contributed by atoms with van der Waals surface area (Å²) >= 11 is 0. The van der Waals surface area contributed by atoms with Crippen molar-refractivity contribution in [2.24, 2.45) is 5.73 Å². The molecule has 0 radical (unpaired) electrons. The molecule has 1 rings (SSSR count). The van der Waals surface area contributed by atoms with Crippen LogP contribution in [0, 0.1) is 0 Å². The van der Waals surface area contributed by atoms with Gasteiger partial charge in [0, 0.05) is 25.8 Å². The van der Waals surface area contributed by atoms with Gasteiger partial charge in [0.2, 0.25) is 23.6 Å². The number of rotatable bonds is 7. The first kappa shape index (κ1) is 15.6. The number of nitrogens with two attached hydrogens (primary N) is 1. The minimum Gasteiger partial charge on any atom is -0.480 e. The summed E-state index contributed by atoms with van der Waals surface area (Å²) in [5.74, 6) is -3.62. The van der Waals surface area contributed by atoms with Gasteiger partial charge in [-0.1, -0.05) is 0 Å². The van der Waals surface area contributed by atoms with Crippen molar-refractivity contribution in [1.82, 2.24) is 10.2 Å². The zero-order valence-electron chi connectivity index (χ0n) is 10.6. The Balaban J connectivity index is 2.46. The van der Waals surface area contributed by atoms with E-state index in [-0.39, 0.29) is 37.6 Å². The molecule has 0 bridgehead atoms. The Morgan fingerprint density at radius 2 is 1.80 bits per heavy atom. The summed E-state index contributed by atoms with van der Waals surface area (Å²) in [6.07, 6.45) is -0.498. The number of amides is 4. The molecule has 9 heteroatoms. The van der Waals surface area contributed by atoms with E-state index in [4.69, 9.17) is 10.8 Å². The Hall–Kier alpha value is -2.45. The Kier molecular flexibility index (Phi) is 5.18. The molecule has 4 amide bonds. The largest absolute Gasteiger partial charge is 0.480 e. The molecule has 1 atom stereocenters. The summed E-state index contributed by atoms with van der Waals surface area (Å²) in [6.45, 7) is -0.105. The Labute approximate surface area is 114 Å². The molecule has 1 fully saturated rings. The van der Waals surface area contributed by atoms with Crippen LogP contribution in [0.1, 0.15) is 25.7 Å². The molecule has 1 heterocycles. The number of hydrogen-bond acceptors (Lipinski definition) is 5. The number of imide groups is 1. The van der Waals surface area contributed by atoms with Crippen LogP contribution in [0.5, 0.6) is 0 Å². The molecular formula is C11H15N3O6. The highest BCUT2D eigenvalue weighted by Crippen LogP contribution is 2.11. The van der Waals surface area contributed by atoms with E-state index in [0.717, 1.165) is 4.90 Å². The molecule has 0 aromatic rings. The summed E-state index contributed by atoms with van der Waals surface area (Å²) in [5.41, 5.74) is 4.87. The van der Waals surface area contributed by atoms with E-state index in [1.807, 2.05) is 0 Å². The van der Waals surface area contributed by atoms with E-state index in [1.165, 1.54) is 0 Å². The number of nitrogens with one attached hydrogen (secondary N) is 1. The normalized spacial score (nSPS) is 16.1. The van der Waals surface area contributed by atoms with Crippen molar-refractivity contribution >= 4 is 29.6 Å². The van der Waals surface area contributed by atoms with Crippen LogP contribution in [-0.4, -0.2) is 52.2 Å². The first-order valence-corrected chi connectivity index (χ1v) is 5.95. The number of nitrogens with zero attached hydrogens (tertiary/aromatic N) is 1. The Bertz CT molecular complexity index is 445. The van der Waals surface area contributed by atoms with Crippen LogP contribution in [0.3, 0.4) is 0 Å². The molecule has 20 heavy (non-hydrogen) atoms. The smallest absolute Gasteiger partial charge is 0.326 e. The fourth-order valence-electron chi connectivity index (χ4n) is 1.75. The summed E-state index contributed by atoms with van der Waals surface area (Å²) in [6, 6.07) is -1.41. The van der Waals surface area contributed by atoms with Crippen molar-refractivity contribution in [2.75, 3.05) is 6.54 Å². The molecule has 1 saturated heterocycles. The third kappa shape index (κ3) is 4.34. The number of carbonyl (C=O) groups is 5. The average molecular weight is 285 g/mol. The predicted molar refractivity (Wildman–Crippen MR) is 63.9 cm³/mol. The summed E-state index contributed by atoms with van der Waals surface area (Å²) < 4.78 is 0. The van der Waals surface area contributed by atoms with Gasteiger partial charge in [0.15, 0.2) is 0 Å². The topological polar surface area (TPSA) is 147 Å². The molecule has 0 aliphatic carbocycles. The van der Waals surface area contributed by atoms with Crippen LogP contribution in [-0.2, 0) is 24.0 Å². The number of likely N-dealkylation sites (tertiary alicyclic amines) is 1. The van der Waals surface area contributed by atoms with Crippen molar-refractivity contribution < 1.29 is 29.1 Å². The standard InChI is InChI=1S/C11H15N3O6/c12-7(15)5-6(11(19)20)13-8(16)3-4-14-9(17)1-2-10(14)18/h6H,1-5H2,(H2,12,15)(H,13,16)(H,19,20). The number of carboxylic acid groups (broad SMARTS) is 1. The van der Waals surface area contributed by atoms with Gasteiger partial charge in [-0.25, -0.2) is 4.79 Å². The quantitative estimate of drug-likeness (QED) is 0.459. The lowest BCUT2D eigenvalue weighted by Crippen LogP contribution is -2.44. The third-order valence-electron chi connectivity index (χ3n) is 2.76. The van der Waals surface area contributed by atoms with Crippen LogP contribution >= 0.6 is 0 Å². The highest BCUT2D eigenvalue weighted by Gasteiger charge is 2.29. The predicted octanol–water partition coefficient (Wildman–Crippen LogP) is -2.03. The number of hydrogen-bond donors (Lipinski definition) is 3. The van der Waals surface area contributed by atoms with Gasteiger partial charge in [-0.3, -0.25) is 24.1 Å². The van der Waals surface area contributed by atoms with Crippen LogP contribution in [0.25, 0.3) is 0 Å². The van der Waals surface area contributed by atoms with Crippen LogP contribution in [0.4, 0.5) is 0 Å². The van der Waals surface area contributed by atoms with Crippen molar-refractivity contribution in [2.45, 2.75) is 31.7 Å². The lowest BCUT2D eigenvalue weighted by atomic mass is 10.2. The van der Waals surface area contributed by atoms with Crippen molar-refractivity contribution in [3.8, 4) is 0 Å². The van der Waals surface area contributed by atoms with Crippen molar-refractivity contribution in [1.29, 1.82) is 0 Å². The van der Waals surface area contributed by atoms with Crippen LogP contribution in [0.2, 0.25) is 0 Å². The maximum Gasteiger partial charge on any atom is 0.326 e. The number of primary amides is 1. The SMILES string of the molecule is NC(=O)CC(NC(=O)CCN1C(=O)CCC1=O)C(=O)O. The molecule has 0 aromatic heterocycles. The summed E-state index contributed by atoms with van der Waals surface area (Å²) in [7, 11) is 0. The average Bonchev–Trinajstić information content (AvgIpc) is 2.65. The summed E-state index contributed by atoms with van der Waals surface area (Å²) in [5, 5.41) is 10.9. The van der Waals surface area contributed by atoms with Gasteiger partial charge >= 0.3 is 5.97 Å². The van der Waals surface area contributed by atoms with Gasteiger partial charge in [-0.2, -0.15) is 0 Å². The van der Waals surface area contributed by atoms with Crippen molar-refractivity contribution in [3.05, 3.63) is 0 Å².